The van der Waals surface area contributed by atoms with Crippen molar-refractivity contribution in [2.45, 2.75) is 37.0 Å². The molecule has 3 unspecified atom stereocenters. The van der Waals surface area contributed by atoms with Crippen LogP contribution >= 0.6 is 0 Å². The first-order valence-electron chi connectivity index (χ1n) is 6.61. The maximum atomic E-state index is 12.0. The fourth-order valence-corrected chi connectivity index (χ4v) is 4.64. The van der Waals surface area contributed by atoms with Gasteiger partial charge in [0.05, 0.1) is 5.25 Å². The first-order valence-corrected chi connectivity index (χ1v) is 8.33. The van der Waals surface area contributed by atoms with Crippen molar-refractivity contribution in [1.82, 2.24) is 0 Å². The molecular weight excluding hydrogens is 278 g/mol. The van der Waals surface area contributed by atoms with Gasteiger partial charge in [0.2, 0.25) is 0 Å². The molecule has 1 aliphatic carbocycles. The molecule has 2 rings (SSSR count). The lowest BCUT2D eigenvalue weighted by atomic mass is 10.0. The van der Waals surface area contributed by atoms with Crippen molar-refractivity contribution in [3.05, 3.63) is 35.4 Å². The van der Waals surface area contributed by atoms with Crippen LogP contribution in [0.5, 0.6) is 0 Å². The highest BCUT2D eigenvalue weighted by Gasteiger charge is 2.73. The van der Waals surface area contributed by atoms with Crippen molar-refractivity contribution >= 4 is 15.8 Å². The van der Waals surface area contributed by atoms with Gasteiger partial charge in [-0.15, -0.1) is 0 Å². The highest BCUT2D eigenvalue weighted by atomic mass is 32.2. The minimum Gasteiger partial charge on any atom is -0.480 e. The molecular formula is C14H19NO4S. The van der Waals surface area contributed by atoms with Gasteiger partial charge in [0.25, 0.3) is 0 Å². The number of carbonyl (C=O) groups is 1. The largest absolute Gasteiger partial charge is 0.480 e. The van der Waals surface area contributed by atoms with E-state index in [1.807, 2.05) is 19.1 Å². The zero-order chi connectivity index (χ0) is 15.1. The Morgan fingerprint density at radius 1 is 1.30 bits per heavy atom. The van der Waals surface area contributed by atoms with E-state index in [9.17, 15) is 18.3 Å². The lowest BCUT2D eigenvalue weighted by Crippen LogP contribution is -2.40. The van der Waals surface area contributed by atoms with E-state index in [0.29, 0.717) is 5.56 Å². The van der Waals surface area contributed by atoms with Crippen LogP contribution in [0.25, 0.3) is 0 Å². The minimum absolute atomic E-state index is 0.104. The Morgan fingerprint density at radius 3 is 2.25 bits per heavy atom. The van der Waals surface area contributed by atoms with Gasteiger partial charge in [0.15, 0.2) is 9.84 Å². The molecule has 5 nitrogen and oxygen atoms in total. The highest BCUT2D eigenvalue weighted by molar-refractivity contribution is 7.92. The van der Waals surface area contributed by atoms with Gasteiger partial charge in [-0.2, -0.15) is 0 Å². The molecule has 0 amide bonds. The maximum Gasteiger partial charge on any atom is 0.325 e. The van der Waals surface area contributed by atoms with Gasteiger partial charge < -0.3 is 10.8 Å². The molecule has 3 N–H and O–H groups in total. The molecule has 0 heterocycles. The molecule has 0 aliphatic heterocycles. The summed E-state index contributed by atoms with van der Waals surface area (Å²) in [5.41, 5.74) is 5.95. The topological polar surface area (TPSA) is 97.5 Å². The van der Waals surface area contributed by atoms with Crippen molar-refractivity contribution in [3.63, 3.8) is 0 Å². The first kappa shape index (κ1) is 15.0. The van der Waals surface area contributed by atoms with E-state index in [1.165, 1.54) is 6.92 Å². The second-order valence-corrected chi connectivity index (χ2v) is 7.59. The summed E-state index contributed by atoms with van der Waals surface area (Å²) < 4.78 is 24.1. The summed E-state index contributed by atoms with van der Waals surface area (Å²) in [4.78, 5) is 11.4. The summed E-state index contributed by atoms with van der Waals surface area (Å²) >= 11 is 0. The molecule has 0 bridgehead atoms. The summed E-state index contributed by atoms with van der Waals surface area (Å²) in [7, 11) is -3.50. The average Bonchev–Trinajstić information content (AvgIpc) is 3.08. The number of benzene rings is 1. The van der Waals surface area contributed by atoms with Crippen molar-refractivity contribution in [3.8, 4) is 0 Å². The van der Waals surface area contributed by atoms with Crippen LogP contribution < -0.4 is 5.73 Å². The predicted octanol–water partition coefficient (Wildman–Crippen LogP) is 0.932. The van der Waals surface area contributed by atoms with Gasteiger partial charge in [-0.25, -0.2) is 8.42 Å². The smallest absolute Gasteiger partial charge is 0.325 e. The summed E-state index contributed by atoms with van der Waals surface area (Å²) in [5.74, 6) is -2.03. The zero-order valence-electron chi connectivity index (χ0n) is 11.5. The van der Waals surface area contributed by atoms with E-state index in [2.05, 4.69) is 0 Å². The Morgan fingerprint density at radius 2 is 1.85 bits per heavy atom. The SMILES string of the molecule is CCc1ccc(C2C(S(=O)(=O)CC)C2(N)C(=O)O)cc1. The molecule has 3 atom stereocenters. The van der Waals surface area contributed by atoms with E-state index in [0.717, 1.165) is 12.0 Å². The summed E-state index contributed by atoms with van der Waals surface area (Å²) in [6, 6.07) is 7.32. The number of sulfone groups is 1. The Bertz CT molecular complexity index is 623. The van der Waals surface area contributed by atoms with Crippen molar-refractivity contribution < 1.29 is 18.3 Å². The van der Waals surface area contributed by atoms with Gasteiger partial charge in [-0.3, -0.25) is 4.79 Å². The quantitative estimate of drug-likeness (QED) is 0.842. The normalized spacial score (nSPS) is 29.1. The Kier molecular flexibility index (Phi) is 3.64. The van der Waals surface area contributed by atoms with Gasteiger partial charge in [0, 0.05) is 11.7 Å². The second-order valence-electron chi connectivity index (χ2n) is 5.18. The number of aliphatic carboxylic acids is 1. The Labute approximate surface area is 118 Å². The van der Waals surface area contributed by atoms with Crippen LogP contribution in [0.2, 0.25) is 0 Å². The fourth-order valence-electron chi connectivity index (χ4n) is 2.72. The molecule has 0 aromatic heterocycles. The molecule has 1 aromatic rings. The fraction of sp³-hybridized carbons (Fsp3) is 0.500. The third-order valence-corrected chi connectivity index (χ3v) is 6.33. The maximum absolute atomic E-state index is 12.0. The third-order valence-electron chi connectivity index (χ3n) is 4.09. The van der Waals surface area contributed by atoms with Gasteiger partial charge in [0.1, 0.15) is 5.54 Å². The molecule has 1 fully saturated rings. The monoisotopic (exact) mass is 297 g/mol. The number of carboxylic acids is 1. The number of hydrogen-bond donors (Lipinski definition) is 2. The van der Waals surface area contributed by atoms with Crippen LogP contribution in [0.4, 0.5) is 0 Å². The van der Waals surface area contributed by atoms with Crippen molar-refractivity contribution in [2.24, 2.45) is 5.73 Å². The van der Waals surface area contributed by atoms with Crippen molar-refractivity contribution in [1.29, 1.82) is 0 Å². The van der Waals surface area contributed by atoms with Crippen LogP contribution in [0, 0.1) is 0 Å². The molecule has 1 aromatic carbocycles. The molecule has 1 saturated carbocycles. The zero-order valence-corrected chi connectivity index (χ0v) is 12.4. The van der Waals surface area contributed by atoms with Crippen LogP contribution in [-0.4, -0.2) is 36.0 Å². The Hall–Kier alpha value is -1.40. The van der Waals surface area contributed by atoms with Crippen LogP contribution in [0.3, 0.4) is 0 Å². The van der Waals surface area contributed by atoms with Crippen LogP contribution in [0.1, 0.15) is 30.9 Å². The van der Waals surface area contributed by atoms with Gasteiger partial charge in [-0.05, 0) is 17.5 Å². The van der Waals surface area contributed by atoms with Gasteiger partial charge in [-0.1, -0.05) is 38.1 Å². The first-order chi connectivity index (χ1) is 9.29. The highest BCUT2D eigenvalue weighted by Crippen LogP contribution is 2.54. The van der Waals surface area contributed by atoms with Crippen LogP contribution in [0.15, 0.2) is 24.3 Å². The van der Waals surface area contributed by atoms with Crippen LogP contribution in [-0.2, 0) is 21.1 Å². The molecule has 1 aliphatic rings. The van der Waals surface area contributed by atoms with Gasteiger partial charge >= 0.3 is 5.97 Å². The molecule has 0 radical (unpaired) electrons. The van der Waals surface area contributed by atoms with Crippen molar-refractivity contribution in [2.75, 3.05) is 5.75 Å². The van der Waals surface area contributed by atoms with E-state index in [1.54, 1.807) is 12.1 Å². The second kappa shape index (κ2) is 4.86. The molecule has 0 spiro atoms. The number of rotatable bonds is 5. The van der Waals surface area contributed by atoms with E-state index in [4.69, 9.17) is 5.73 Å². The van der Waals surface area contributed by atoms with E-state index >= 15 is 0 Å². The molecule has 6 heteroatoms. The summed E-state index contributed by atoms with van der Waals surface area (Å²) in [6.45, 7) is 3.52. The predicted molar refractivity (Wildman–Crippen MR) is 76.4 cm³/mol. The third kappa shape index (κ3) is 2.13. The standard InChI is InChI=1S/C14H19NO4S/c1-3-9-5-7-10(8-6-9)11-12(20(18,19)4-2)14(11,15)13(16)17/h5-8,11-12H,3-4,15H2,1-2H3,(H,16,17). The van der Waals surface area contributed by atoms with E-state index < -0.39 is 32.5 Å². The number of nitrogens with two attached hydrogens (primary N) is 1. The summed E-state index contributed by atoms with van der Waals surface area (Å²) in [5, 5.41) is 8.25. The number of aryl methyl sites for hydroxylation is 1. The summed E-state index contributed by atoms with van der Waals surface area (Å²) in [6.07, 6.45) is 0.869. The average molecular weight is 297 g/mol. The minimum atomic E-state index is -3.50. The number of hydrogen-bond acceptors (Lipinski definition) is 4. The lowest BCUT2D eigenvalue weighted by molar-refractivity contribution is -0.139. The molecule has 0 saturated heterocycles. The molecule has 110 valence electrons. The molecule has 20 heavy (non-hydrogen) atoms. The number of carboxylic acid groups (broad SMARTS) is 1. The lowest BCUT2D eigenvalue weighted by Gasteiger charge is -2.05. The van der Waals surface area contributed by atoms with E-state index in [-0.39, 0.29) is 5.75 Å². The Balaban J connectivity index is 2.41.